The number of hydrogen-bond acceptors (Lipinski definition) is 5. The molecule has 0 unspecified atom stereocenters. The van der Waals surface area contributed by atoms with Crippen molar-refractivity contribution < 1.29 is 14.4 Å². The number of amides is 1. The summed E-state index contributed by atoms with van der Waals surface area (Å²) in [6, 6.07) is 4.92. The van der Waals surface area contributed by atoms with E-state index >= 15 is 0 Å². The van der Waals surface area contributed by atoms with E-state index in [0.717, 1.165) is 4.85 Å². The van der Waals surface area contributed by atoms with E-state index in [9.17, 15) is 9.59 Å². The predicted octanol–water partition coefficient (Wildman–Crippen LogP) is 1.12. The van der Waals surface area contributed by atoms with Gasteiger partial charge in [0.15, 0.2) is 0 Å². The average molecular weight is 309 g/mol. The number of aromatic nitrogens is 3. The summed E-state index contributed by atoms with van der Waals surface area (Å²) in [5, 5.41) is 10.6. The SMILES string of the molecule is C=C(C)C(=O)NCCC(=O)On1nnc2ccc(Cl)cc21. The van der Waals surface area contributed by atoms with Crippen LogP contribution in [0, 0.1) is 0 Å². The van der Waals surface area contributed by atoms with Crippen molar-refractivity contribution >= 4 is 34.5 Å². The van der Waals surface area contributed by atoms with Crippen LogP contribution in [0.4, 0.5) is 0 Å². The topological polar surface area (TPSA) is 86.1 Å². The zero-order valence-electron chi connectivity index (χ0n) is 11.3. The number of nitrogens with zero attached hydrogens (tertiary/aromatic N) is 3. The molecule has 1 aromatic carbocycles. The second-order valence-electron chi connectivity index (χ2n) is 4.34. The van der Waals surface area contributed by atoms with E-state index in [1.165, 1.54) is 0 Å². The standard InChI is InChI=1S/C13H13ClN4O3/c1-8(2)13(20)15-6-5-12(19)21-18-11-7-9(14)3-4-10(11)16-17-18/h3-4,7H,1,5-6H2,2H3,(H,15,20). The van der Waals surface area contributed by atoms with Crippen LogP contribution in [-0.2, 0) is 9.59 Å². The molecule has 0 saturated carbocycles. The van der Waals surface area contributed by atoms with E-state index < -0.39 is 5.97 Å². The molecule has 1 amide bonds. The lowest BCUT2D eigenvalue weighted by Gasteiger charge is -2.05. The highest BCUT2D eigenvalue weighted by molar-refractivity contribution is 6.31. The van der Waals surface area contributed by atoms with E-state index in [0.29, 0.717) is 21.6 Å². The van der Waals surface area contributed by atoms with Gasteiger partial charge in [-0.05, 0) is 30.3 Å². The molecule has 0 aliphatic carbocycles. The fourth-order valence-electron chi connectivity index (χ4n) is 1.51. The molecule has 21 heavy (non-hydrogen) atoms. The summed E-state index contributed by atoms with van der Waals surface area (Å²) in [7, 11) is 0. The van der Waals surface area contributed by atoms with Gasteiger partial charge in [0.2, 0.25) is 5.91 Å². The fraction of sp³-hybridized carbons (Fsp3) is 0.231. The second-order valence-corrected chi connectivity index (χ2v) is 4.78. The Balaban J connectivity index is 1.94. The van der Waals surface area contributed by atoms with Gasteiger partial charge >= 0.3 is 5.97 Å². The highest BCUT2D eigenvalue weighted by Gasteiger charge is 2.11. The van der Waals surface area contributed by atoms with Crippen LogP contribution < -0.4 is 10.2 Å². The molecule has 2 rings (SSSR count). The summed E-state index contributed by atoms with van der Waals surface area (Å²) < 4.78 is 0. The molecular weight excluding hydrogens is 296 g/mol. The van der Waals surface area contributed by atoms with Crippen molar-refractivity contribution in [2.75, 3.05) is 6.54 Å². The maximum absolute atomic E-state index is 11.7. The van der Waals surface area contributed by atoms with Crippen LogP contribution >= 0.6 is 11.6 Å². The summed E-state index contributed by atoms with van der Waals surface area (Å²) >= 11 is 5.87. The number of hydrogen-bond donors (Lipinski definition) is 1. The minimum absolute atomic E-state index is 0.000932. The molecule has 1 aromatic heterocycles. The molecule has 0 fully saturated rings. The van der Waals surface area contributed by atoms with Crippen LogP contribution in [0.15, 0.2) is 30.4 Å². The van der Waals surface area contributed by atoms with Gasteiger partial charge < -0.3 is 10.2 Å². The van der Waals surface area contributed by atoms with Crippen molar-refractivity contribution in [1.82, 2.24) is 20.5 Å². The number of rotatable bonds is 5. The number of benzene rings is 1. The summed E-state index contributed by atoms with van der Waals surface area (Å²) in [5.74, 6) is -0.857. The third-order valence-corrected chi connectivity index (χ3v) is 2.80. The summed E-state index contributed by atoms with van der Waals surface area (Å²) in [5.41, 5.74) is 1.42. The van der Waals surface area contributed by atoms with Gasteiger partial charge in [-0.25, -0.2) is 4.79 Å². The molecule has 1 N–H and O–H groups in total. The molecule has 110 valence electrons. The van der Waals surface area contributed by atoms with Crippen molar-refractivity contribution in [2.24, 2.45) is 0 Å². The minimum Gasteiger partial charge on any atom is -0.352 e. The molecule has 0 bridgehead atoms. The van der Waals surface area contributed by atoms with Gasteiger partial charge in [-0.15, -0.1) is 5.10 Å². The van der Waals surface area contributed by atoms with E-state index in [1.54, 1.807) is 25.1 Å². The molecule has 0 saturated heterocycles. The quantitative estimate of drug-likeness (QED) is 0.661. The van der Waals surface area contributed by atoms with Crippen LogP contribution in [0.5, 0.6) is 0 Å². The predicted molar refractivity (Wildman–Crippen MR) is 76.6 cm³/mol. The first kappa shape index (κ1) is 15.0. The largest absolute Gasteiger partial charge is 0.352 e. The van der Waals surface area contributed by atoms with Crippen LogP contribution in [0.1, 0.15) is 13.3 Å². The van der Waals surface area contributed by atoms with Gasteiger partial charge in [0, 0.05) is 17.1 Å². The Kier molecular flexibility index (Phi) is 4.54. The maximum atomic E-state index is 11.7. The molecule has 0 spiro atoms. The van der Waals surface area contributed by atoms with Crippen LogP contribution in [0.2, 0.25) is 5.02 Å². The second kappa shape index (κ2) is 6.36. The average Bonchev–Trinajstić information content (AvgIpc) is 2.81. The van der Waals surface area contributed by atoms with Crippen molar-refractivity contribution in [3.63, 3.8) is 0 Å². The summed E-state index contributed by atoms with van der Waals surface area (Å²) in [6.45, 7) is 5.23. The number of fused-ring (bicyclic) bond motifs is 1. The van der Waals surface area contributed by atoms with Crippen molar-refractivity contribution in [1.29, 1.82) is 0 Å². The van der Waals surface area contributed by atoms with Crippen LogP contribution in [0.25, 0.3) is 11.0 Å². The van der Waals surface area contributed by atoms with Gasteiger partial charge in [-0.3, -0.25) is 4.79 Å². The number of halogens is 1. The highest BCUT2D eigenvalue weighted by Crippen LogP contribution is 2.16. The van der Waals surface area contributed by atoms with E-state index in [1.807, 2.05) is 0 Å². The van der Waals surface area contributed by atoms with Crippen molar-refractivity contribution in [2.45, 2.75) is 13.3 Å². The summed E-state index contributed by atoms with van der Waals surface area (Å²) in [4.78, 5) is 29.0. The zero-order chi connectivity index (χ0) is 15.4. The Morgan fingerprint density at radius 2 is 2.24 bits per heavy atom. The van der Waals surface area contributed by atoms with Gasteiger partial charge in [-0.2, -0.15) is 0 Å². The molecule has 8 heteroatoms. The third kappa shape index (κ3) is 3.79. The molecule has 0 radical (unpaired) electrons. The molecular formula is C13H13ClN4O3. The molecule has 0 atom stereocenters. The van der Waals surface area contributed by atoms with Crippen molar-refractivity contribution in [3.05, 3.63) is 35.4 Å². The van der Waals surface area contributed by atoms with Gasteiger partial charge in [0.1, 0.15) is 11.0 Å². The Morgan fingerprint density at radius 1 is 1.48 bits per heavy atom. The van der Waals surface area contributed by atoms with Crippen LogP contribution in [0.3, 0.4) is 0 Å². The van der Waals surface area contributed by atoms with Gasteiger partial charge in [-0.1, -0.05) is 23.0 Å². The summed E-state index contributed by atoms with van der Waals surface area (Å²) in [6.07, 6.45) is 0.000932. The first-order valence-electron chi connectivity index (χ1n) is 6.13. The molecule has 0 aliphatic heterocycles. The minimum atomic E-state index is -0.552. The Labute approximate surface area is 125 Å². The molecule has 2 aromatic rings. The molecule has 7 nitrogen and oxygen atoms in total. The Bertz CT molecular complexity index is 711. The first-order valence-corrected chi connectivity index (χ1v) is 6.51. The lowest BCUT2D eigenvalue weighted by atomic mass is 10.3. The third-order valence-electron chi connectivity index (χ3n) is 2.57. The first-order chi connectivity index (χ1) is 9.97. The maximum Gasteiger partial charge on any atom is 0.336 e. The van der Waals surface area contributed by atoms with E-state index in [2.05, 4.69) is 22.2 Å². The van der Waals surface area contributed by atoms with Gasteiger partial charge in [0.05, 0.1) is 6.42 Å². The van der Waals surface area contributed by atoms with E-state index in [-0.39, 0.29) is 18.9 Å². The smallest absolute Gasteiger partial charge is 0.336 e. The Morgan fingerprint density at radius 3 is 2.95 bits per heavy atom. The van der Waals surface area contributed by atoms with E-state index in [4.69, 9.17) is 16.4 Å². The lowest BCUT2D eigenvalue weighted by molar-refractivity contribution is -0.145. The zero-order valence-corrected chi connectivity index (χ0v) is 12.1. The molecule has 1 heterocycles. The fourth-order valence-corrected chi connectivity index (χ4v) is 1.68. The monoisotopic (exact) mass is 308 g/mol. The van der Waals surface area contributed by atoms with Crippen LogP contribution in [-0.4, -0.2) is 33.6 Å². The lowest BCUT2D eigenvalue weighted by Crippen LogP contribution is -2.29. The number of carbonyl (C=O) groups is 2. The highest BCUT2D eigenvalue weighted by atomic mass is 35.5. The Hall–Kier alpha value is -2.41. The normalized spacial score (nSPS) is 10.4. The van der Waals surface area contributed by atoms with Gasteiger partial charge in [0.25, 0.3) is 0 Å². The number of nitrogens with one attached hydrogen (secondary N) is 1. The van der Waals surface area contributed by atoms with Crippen molar-refractivity contribution in [3.8, 4) is 0 Å². The molecule has 0 aliphatic rings. The number of carbonyl (C=O) groups excluding carboxylic acids is 2.